The number of piperazine rings is 1. The third kappa shape index (κ3) is 2.66. The Labute approximate surface area is 129 Å². The van der Waals surface area contributed by atoms with Crippen LogP contribution in [0.2, 0.25) is 0 Å². The third-order valence-electron chi connectivity index (χ3n) is 4.13. The van der Waals surface area contributed by atoms with Gasteiger partial charge < -0.3 is 9.80 Å². The van der Waals surface area contributed by atoms with Gasteiger partial charge in [-0.05, 0) is 13.8 Å². The predicted octanol–water partition coefficient (Wildman–Crippen LogP) is 0.789. The number of aryl methyl sites for hydroxylation is 2. The Hall–Kier alpha value is -2.44. The zero-order valence-electron chi connectivity index (χ0n) is 13.2. The molecule has 3 rings (SSSR count). The summed E-state index contributed by atoms with van der Waals surface area (Å²) in [6.45, 7) is 6.97. The maximum absolute atomic E-state index is 12.4. The van der Waals surface area contributed by atoms with Crippen LogP contribution in [0.15, 0.2) is 18.7 Å². The summed E-state index contributed by atoms with van der Waals surface area (Å²) in [5.41, 5.74) is 2.75. The van der Waals surface area contributed by atoms with Crippen LogP contribution >= 0.6 is 0 Å². The lowest BCUT2D eigenvalue weighted by Gasteiger charge is -2.35. The second-order valence-electron chi connectivity index (χ2n) is 5.59. The molecule has 1 amide bonds. The molecule has 3 heterocycles. The van der Waals surface area contributed by atoms with E-state index in [2.05, 4.69) is 20.0 Å². The fraction of sp³-hybridized carbons (Fsp3) is 0.467. The summed E-state index contributed by atoms with van der Waals surface area (Å²) in [4.78, 5) is 25.1. The molecule has 2 aromatic rings. The van der Waals surface area contributed by atoms with Crippen molar-refractivity contribution in [1.82, 2.24) is 24.6 Å². The Kier molecular flexibility index (Phi) is 3.79. The van der Waals surface area contributed by atoms with E-state index in [0.29, 0.717) is 18.7 Å². The van der Waals surface area contributed by atoms with Gasteiger partial charge in [-0.15, -0.1) is 0 Å². The largest absolute Gasteiger partial charge is 0.353 e. The minimum absolute atomic E-state index is 0.0448. The Morgan fingerprint density at radius 2 is 1.86 bits per heavy atom. The van der Waals surface area contributed by atoms with E-state index in [0.717, 1.165) is 30.2 Å². The first-order valence-electron chi connectivity index (χ1n) is 7.37. The lowest BCUT2D eigenvalue weighted by molar-refractivity contribution is 0.0746. The van der Waals surface area contributed by atoms with Gasteiger partial charge in [0.05, 0.1) is 11.8 Å². The molecule has 0 bridgehead atoms. The molecule has 0 aromatic carbocycles. The van der Waals surface area contributed by atoms with Crippen molar-refractivity contribution in [2.24, 2.45) is 7.05 Å². The first-order chi connectivity index (χ1) is 10.6. The smallest absolute Gasteiger partial charge is 0.257 e. The van der Waals surface area contributed by atoms with Crippen LogP contribution < -0.4 is 4.90 Å². The average Bonchev–Trinajstić information content (AvgIpc) is 2.96. The lowest BCUT2D eigenvalue weighted by atomic mass is 10.2. The number of anilines is 1. The molecule has 22 heavy (non-hydrogen) atoms. The van der Waals surface area contributed by atoms with E-state index < -0.39 is 0 Å². The van der Waals surface area contributed by atoms with Crippen LogP contribution in [0.3, 0.4) is 0 Å². The molecule has 0 saturated carbocycles. The van der Waals surface area contributed by atoms with Crippen LogP contribution in [-0.4, -0.2) is 56.7 Å². The van der Waals surface area contributed by atoms with E-state index in [9.17, 15) is 4.79 Å². The number of hydrogen-bond donors (Lipinski definition) is 0. The summed E-state index contributed by atoms with van der Waals surface area (Å²) < 4.78 is 1.65. The van der Waals surface area contributed by atoms with Gasteiger partial charge in [0.25, 0.3) is 5.91 Å². The second-order valence-corrected chi connectivity index (χ2v) is 5.59. The van der Waals surface area contributed by atoms with Crippen molar-refractivity contribution in [3.05, 3.63) is 35.5 Å². The van der Waals surface area contributed by atoms with Gasteiger partial charge >= 0.3 is 0 Å². The molecule has 0 spiro atoms. The molecule has 7 heteroatoms. The monoisotopic (exact) mass is 300 g/mol. The molecule has 116 valence electrons. The van der Waals surface area contributed by atoms with E-state index in [1.54, 1.807) is 23.4 Å². The van der Waals surface area contributed by atoms with Crippen molar-refractivity contribution in [2.45, 2.75) is 13.8 Å². The first kappa shape index (κ1) is 14.5. The molecule has 0 unspecified atom stereocenters. The quantitative estimate of drug-likeness (QED) is 0.820. The topological polar surface area (TPSA) is 67.2 Å². The Morgan fingerprint density at radius 3 is 2.50 bits per heavy atom. The van der Waals surface area contributed by atoms with Crippen molar-refractivity contribution < 1.29 is 4.79 Å². The van der Waals surface area contributed by atoms with Gasteiger partial charge in [0.2, 0.25) is 0 Å². The third-order valence-corrected chi connectivity index (χ3v) is 4.13. The highest BCUT2D eigenvalue weighted by Gasteiger charge is 2.24. The van der Waals surface area contributed by atoms with Crippen LogP contribution in [0.5, 0.6) is 0 Å². The Balaban J connectivity index is 1.67. The number of rotatable bonds is 2. The summed E-state index contributed by atoms with van der Waals surface area (Å²) >= 11 is 0. The van der Waals surface area contributed by atoms with Gasteiger partial charge in [-0.2, -0.15) is 5.10 Å². The molecule has 0 aliphatic carbocycles. The summed E-state index contributed by atoms with van der Waals surface area (Å²) in [5.74, 6) is 1.02. The molecule has 1 fully saturated rings. The highest BCUT2D eigenvalue weighted by Crippen LogP contribution is 2.20. The summed E-state index contributed by atoms with van der Waals surface area (Å²) in [5, 5.41) is 4.06. The zero-order valence-corrected chi connectivity index (χ0v) is 13.2. The van der Waals surface area contributed by atoms with Crippen molar-refractivity contribution in [3.63, 3.8) is 0 Å². The van der Waals surface area contributed by atoms with E-state index in [1.165, 1.54) is 0 Å². The average molecular weight is 300 g/mol. The van der Waals surface area contributed by atoms with E-state index in [-0.39, 0.29) is 5.91 Å². The standard InChI is InChI=1S/C15H20N6O/c1-11-12(2)16-10-17-14(11)20-4-6-21(7-5-20)15(22)13-8-18-19(3)9-13/h8-10H,4-7H2,1-3H3. The fourth-order valence-corrected chi connectivity index (χ4v) is 2.68. The maximum Gasteiger partial charge on any atom is 0.257 e. The SMILES string of the molecule is Cc1ncnc(N2CCN(C(=O)c3cnn(C)c3)CC2)c1C. The van der Waals surface area contributed by atoms with E-state index in [1.807, 2.05) is 25.8 Å². The number of aromatic nitrogens is 4. The predicted molar refractivity (Wildman–Crippen MR) is 82.8 cm³/mol. The zero-order chi connectivity index (χ0) is 15.7. The minimum atomic E-state index is 0.0448. The highest BCUT2D eigenvalue weighted by molar-refractivity contribution is 5.93. The van der Waals surface area contributed by atoms with Crippen LogP contribution in [0.25, 0.3) is 0 Å². The van der Waals surface area contributed by atoms with Crippen LogP contribution in [0.1, 0.15) is 21.6 Å². The molecule has 0 radical (unpaired) electrons. The minimum Gasteiger partial charge on any atom is -0.353 e. The van der Waals surface area contributed by atoms with Gasteiger partial charge in [-0.25, -0.2) is 9.97 Å². The number of carbonyl (C=O) groups is 1. The summed E-state index contributed by atoms with van der Waals surface area (Å²) in [6, 6.07) is 0. The molecule has 0 atom stereocenters. The fourth-order valence-electron chi connectivity index (χ4n) is 2.68. The maximum atomic E-state index is 12.4. The van der Waals surface area contributed by atoms with Gasteiger partial charge in [0.15, 0.2) is 0 Å². The molecule has 2 aromatic heterocycles. The van der Waals surface area contributed by atoms with Gasteiger partial charge in [-0.1, -0.05) is 0 Å². The van der Waals surface area contributed by atoms with E-state index >= 15 is 0 Å². The van der Waals surface area contributed by atoms with E-state index in [4.69, 9.17) is 0 Å². The normalized spacial score (nSPS) is 15.2. The summed E-state index contributed by atoms with van der Waals surface area (Å²) in [7, 11) is 1.81. The van der Waals surface area contributed by atoms with Crippen molar-refractivity contribution in [2.75, 3.05) is 31.1 Å². The van der Waals surface area contributed by atoms with Gasteiger partial charge in [0.1, 0.15) is 12.1 Å². The van der Waals surface area contributed by atoms with Gasteiger partial charge in [0, 0.05) is 50.7 Å². The number of nitrogens with zero attached hydrogens (tertiary/aromatic N) is 6. The second kappa shape index (κ2) is 5.75. The Bertz CT molecular complexity index is 687. The molecular formula is C15H20N6O. The van der Waals surface area contributed by atoms with Crippen LogP contribution in [0, 0.1) is 13.8 Å². The summed E-state index contributed by atoms with van der Waals surface area (Å²) in [6.07, 6.45) is 4.98. The van der Waals surface area contributed by atoms with Crippen LogP contribution in [0.4, 0.5) is 5.82 Å². The Morgan fingerprint density at radius 1 is 1.14 bits per heavy atom. The highest BCUT2D eigenvalue weighted by atomic mass is 16.2. The van der Waals surface area contributed by atoms with Crippen molar-refractivity contribution in [1.29, 1.82) is 0 Å². The first-order valence-corrected chi connectivity index (χ1v) is 7.37. The molecule has 0 N–H and O–H groups in total. The number of amides is 1. The lowest BCUT2D eigenvalue weighted by Crippen LogP contribution is -2.49. The van der Waals surface area contributed by atoms with Gasteiger partial charge in [-0.3, -0.25) is 9.48 Å². The molecule has 1 aliphatic heterocycles. The van der Waals surface area contributed by atoms with Crippen molar-refractivity contribution in [3.8, 4) is 0 Å². The molecule has 1 saturated heterocycles. The molecular weight excluding hydrogens is 280 g/mol. The number of carbonyl (C=O) groups excluding carboxylic acids is 1. The number of hydrogen-bond acceptors (Lipinski definition) is 5. The van der Waals surface area contributed by atoms with Crippen LogP contribution in [-0.2, 0) is 7.05 Å². The molecule has 1 aliphatic rings. The molecule has 7 nitrogen and oxygen atoms in total. The van der Waals surface area contributed by atoms with Crippen molar-refractivity contribution >= 4 is 11.7 Å².